The first kappa shape index (κ1) is 22.1. The molecule has 3 aromatic rings. The molecular weight excluding hydrogens is 420 g/mol. The highest BCUT2D eigenvalue weighted by atomic mass is 35.5. The van der Waals surface area contributed by atoms with E-state index in [0.29, 0.717) is 24.5 Å². The summed E-state index contributed by atoms with van der Waals surface area (Å²) in [5.41, 5.74) is 2.85. The number of carbonyl (C=O) groups is 2. The van der Waals surface area contributed by atoms with Crippen LogP contribution in [-0.4, -0.2) is 29.3 Å². The Morgan fingerprint density at radius 2 is 1.50 bits per heavy atom. The fraction of sp³-hybridized carbons (Fsp3) is 0.259. The largest absolute Gasteiger partial charge is 0.343 e. The summed E-state index contributed by atoms with van der Waals surface area (Å²) in [7, 11) is 0. The average molecular weight is 447 g/mol. The fourth-order valence-electron chi connectivity index (χ4n) is 4.25. The molecule has 0 radical (unpaired) electrons. The van der Waals surface area contributed by atoms with Crippen LogP contribution in [0.5, 0.6) is 0 Å². The molecule has 164 valence electrons. The van der Waals surface area contributed by atoms with Gasteiger partial charge in [-0.3, -0.25) is 9.59 Å². The first-order valence-corrected chi connectivity index (χ1v) is 11.4. The molecule has 5 heteroatoms. The molecule has 1 fully saturated rings. The third-order valence-electron chi connectivity index (χ3n) is 5.91. The van der Waals surface area contributed by atoms with Gasteiger partial charge in [0.2, 0.25) is 11.8 Å². The van der Waals surface area contributed by atoms with Crippen molar-refractivity contribution in [3.8, 4) is 0 Å². The number of hydrogen-bond acceptors (Lipinski definition) is 2. The van der Waals surface area contributed by atoms with Crippen LogP contribution in [0, 0.1) is 0 Å². The van der Waals surface area contributed by atoms with Crippen LogP contribution in [0.4, 0.5) is 0 Å². The lowest BCUT2D eigenvalue weighted by Crippen LogP contribution is -2.48. The Bertz CT molecular complexity index is 999. The number of hydrogen-bond donors (Lipinski definition) is 1. The summed E-state index contributed by atoms with van der Waals surface area (Å²) >= 11 is 5.99. The second-order valence-corrected chi connectivity index (χ2v) is 8.63. The Balaban J connectivity index is 1.53. The molecule has 2 amide bonds. The summed E-state index contributed by atoms with van der Waals surface area (Å²) < 4.78 is 0. The Kier molecular flexibility index (Phi) is 7.23. The first-order chi connectivity index (χ1) is 15.6. The van der Waals surface area contributed by atoms with Gasteiger partial charge in [-0.05, 0) is 48.1 Å². The Hall–Kier alpha value is -3.11. The minimum absolute atomic E-state index is 0.0225. The van der Waals surface area contributed by atoms with Gasteiger partial charge in [0.25, 0.3) is 0 Å². The van der Waals surface area contributed by atoms with Crippen molar-refractivity contribution >= 4 is 23.4 Å². The summed E-state index contributed by atoms with van der Waals surface area (Å²) in [6, 6.07) is 26.5. The number of nitrogens with zero attached hydrogens (tertiary/aromatic N) is 1. The molecule has 0 saturated carbocycles. The number of carbonyl (C=O) groups excluding carboxylic acids is 2. The molecule has 1 heterocycles. The SMILES string of the molecule is O=C(NC1CCCCN(Cc2ccc(Cl)cc2)C1=O)C(c1ccccc1)c1ccccc1. The second-order valence-electron chi connectivity index (χ2n) is 8.20. The van der Waals surface area contributed by atoms with Crippen LogP contribution >= 0.6 is 11.6 Å². The monoisotopic (exact) mass is 446 g/mol. The highest BCUT2D eigenvalue weighted by molar-refractivity contribution is 6.30. The molecule has 0 spiro atoms. The lowest BCUT2D eigenvalue weighted by Gasteiger charge is -2.27. The van der Waals surface area contributed by atoms with Crippen LogP contribution in [0.3, 0.4) is 0 Å². The van der Waals surface area contributed by atoms with Crippen molar-refractivity contribution < 1.29 is 9.59 Å². The van der Waals surface area contributed by atoms with E-state index in [-0.39, 0.29) is 11.8 Å². The van der Waals surface area contributed by atoms with Gasteiger partial charge in [-0.25, -0.2) is 0 Å². The third-order valence-corrected chi connectivity index (χ3v) is 6.16. The topological polar surface area (TPSA) is 49.4 Å². The van der Waals surface area contributed by atoms with Crippen molar-refractivity contribution in [3.05, 3.63) is 107 Å². The zero-order valence-corrected chi connectivity index (χ0v) is 18.7. The second kappa shape index (κ2) is 10.5. The van der Waals surface area contributed by atoms with Crippen LogP contribution in [0.2, 0.25) is 5.02 Å². The quantitative estimate of drug-likeness (QED) is 0.567. The molecule has 1 saturated heterocycles. The van der Waals surface area contributed by atoms with Crippen molar-refractivity contribution in [3.63, 3.8) is 0 Å². The molecule has 4 nitrogen and oxygen atoms in total. The molecule has 1 aliphatic rings. The average Bonchev–Trinajstić information content (AvgIpc) is 2.98. The zero-order valence-electron chi connectivity index (χ0n) is 17.9. The molecule has 4 rings (SSSR count). The van der Waals surface area contributed by atoms with E-state index >= 15 is 0 Å². The Morgan fingerprint density at radius 1 is 0.906 bits per heavy atom. The number of nitrogens with one attached hydrogen (secondary N) is 1. The maximum absolute atomic E-state index is 13.5. The molecular formula is C27H27ClN2O2. The molecule has 1 unspecified atom stereocenters. The predicted molar refractivity (Wildman–Crippen MR) is 127 cm³/mol. The molecule has 1 atom stereocenters. The standard InChI is InChI=1S/C27H27ClN2O2/c28-23-16-14-20(15-17-23)19-30-18-8-7-13-24(27(30)32)29-26(31)25(21-9-3-1-4-10-21)22-11-5-2-6-12-22/h1-6,9-12,14-17,24-25H,7-8,13,18-19H2,(H,29,31). The normalized spacial score (nSPS) is 16.6. The lowest BCUT2D eigenvalue weighted by molar-refractivity contribution is -0.136. The van der Waals surface area contributed by atoms with Crippen LogP contribution in [0.1, 0.15) is 41.9 Å². The van der Waals surface area contributed by atoms with Gasteiger partial charge in [-0.2, -0.15) is 0 Å². The fourth-order valence-corrected chi connectivity index (χ4v) is 4.37. The van der Waals surface area contributed by atoms with E-state index in [2.05, 4.69) is 5.32 Å². The molecule has 1 aliphatic heterocycles. The number of likely N-dealkylation sites (tertiary alicyclic amines) is 1. The molecule has 0 aliphatic carbocycles. The molecule has 3 aromatic carbocycles. The predicted octanol–water partition coefficient (Wildman–Crippen LogP) is 5.17. The molecule has 1 N–H and O–H groups in total. The van der Waals surface area contributed by atoms with Gasteiger partial charge in [0.15, 0.2) is 0 Å². The van der Waals surface area contributed by atoms with Crippen LogP contribution in [0.15, 0.2) is 84.9 Å². The van der Waals surface area contributed by atoms with Crippen molar-refractivity contribution in [1.82, 2.24) is 10.2 Å². The van der Waals surface area contributed by atoms with E-state index in [1.54, 1.807) is 0 Å². The van der Waals surface area contributed by atoms with Crippen molar-refractivity contribution in [2.45, 2.75) is 37.8 Å². The van der Waals surface area contributed by atoms with Crippen LogP contribution < -0.4 is 5.32 Å². The van der Waals surface area contributed by atoms with Gasteiger partial charge in [0.1, 0.15) is 6.04 Å². The van der Waals surface area contributed by atoms with Crippen LogP contribution in [0.25, 0.3) is 0 Å². The van der Waals surface area contributed by atoms with E-state index < -0.39 is 12.0 Å². The van der Waals surface area contributed by atoms with Crippen molar-refractivity contribution in [2.24, 2.45) is 0 Å². The van der Waals surface area contributed by atoms with E-state index in [9.17, 15) is 9.59 Å². The van der Waals surface area contributed by atoms with Gasteiger partial charge >= 0.3 is 0 Å². The highest BCUT2D eigenvalue weighted by Gasteiger charge is 2.31. The van der Waals surface area contributed by atoms with E-state index in [4.69, 9.17) is 11.6 Å². The maximum atomic E-state index is 13.5. The van der Waals surface area contributed by atoms with E-state index in [1.165, 1.54) is 0 Å². The van der Waals surface area contributed by atoms with Crippen LogP contribution in [-0.2, 0) is 16.1 Å². The molecule has 32 heavy (non-hydrogen) atoms. The van der Waals surface area contributed by atoms with E-state index in [0.717, 1.165) is 29.5 Å². The van der Waals surface area contributed by atoms with Gasteiger partial charge in [-0.1, -0.05) is 84.4 Å². The first-order valence-electron chi connectivity index (χ1n) is 11.1. The summed E-state index contributed by atoms with van der Waals surface area (Å²) in [5, 5.41) is 3.75. The summed E-state index contributed by atoms with van der Waals surface area (Å²) in [4.78, 5) is 28.7. The minimum atomic E-state index is -0.521. The number of amides is 2. The van der Waals surface area contributed by atoms with Gasteiger partial charge in [0.05, 0.1) is 5.92 Å². The van der Waals surface area contributed by atoms with Gasteiger partial charge in [0, 0.05) is 18.1 Å². The highest BCUT2D eigenvalue weighted by Crippen LogP contribution is 2.26. The summed E-state index contributed by atoms with van der Waals surface area (Å²) in [6.45, 7) is 1.21. The minimum Gasteiger partial charge on any atom is -0.343 e. The Morgan fingerprint density at radius 3 is 2.09 bits per heavy atom. The number of halogens is 1. The van der Waals surface area contributed by atoms with Gasteiger partial charge in [-0.15, -0.1) is 0 Å². The zero-order chi connectivity index (χ0) is 22.3. The Labute approximate surface area is 194 Å². The van der Waals surface area contributed by atoms with Crippen molar-refractivity contribution in [2.75, 3.05) is 6.54 Å². The van der Waals surface area contributed by atoms with E-state index in [1.807, 2.05) is 89.8 Å². The molecule has 0 aromatic heterocycles. The smallest absolute Gasteiger partial charge is 0.245 e. The summed E-state index contributed by atoms with van der Waals surface area (Å²) in [5.74, 6) is -0.627. The van der Waals surface area contributed by atoms with Crippen molar-refractivity contribution in [1.29, 1.82) is 0 Å². The maximum Gasteiger partial charge on any atom is 0.245 e. The van der Waals surface area contributed by atoms with Gasteiger partial charge < -0.3 is 10.2 Å². The molecule has 0 bridgehead atoms. The summed E-state index contributed by atoms with van der Waals surface area (Å²) in [6.07, 6.45) is 2.47. The number of benzene rings is 3. The third kappa shape index (κ3) is 5.38. The lowest BCUT2D eigenvalue weighted by atomic mass is 9.90. The number of rotatable bonds is 6.